The first-order valence-corrected chi connectivity index (χ1v) is 8.75. The molecule has 0 N–H and O–H groups in total. The number of aryl methyl sites for hydroxylation is 1. The van der Waals surface area contributed by atoms with Crippen molar-refractivity contribution in [3.63, 3.8) is 0 Å². The summed E-state index contributed by atoms with van der Waals surface area (Å²) >= 11 is 0. The number of rotatable bonds is 4. The van der Waals surface area contributed by atoms with Crippen LogP contribution in [-0.2, 0) is 11.3 Å². The maximum absolute atomic E-state index is 12.5. The van der Waals surface area contributed by atoms with Crippen LogP contribution in [0.3, 0.4) is 0 Å². The van der Waals surface area contributed by atoms with E-state index in [1.807, 2.05) is 18.0 Å². The van der Waals surface area contributed by atoms with E-state index in [4.69, 9.17) is 0 Å². The Labute approximate surface area is 141 Å². The Morgan fingerprint density at radius 2 is 1.92 bits per heavy atom. The first kappa shape index (κ1) is 16.6. The molecule has 1 aromatic heterocycles. The van der Waals surface area contributed by atoms with Crippen molar-refractivity contribution in [2.75, 3.05) is 7.05 Å². The lowest BCUT2D eigenvalue weighted by Crippen LogP contribution is -2.38. The fourth-order valence-corrected chi connectivity index (χ4v) is 3.40. The van der Waals surface area contributed by atoms with Gasteiger partial charge in [0.05, 0.1) is 11.9 Å². The van der Waals surface area contributed by atoms with Crippen LogP contribution >= 0.6 is 0 Å². The highest BCUT2D eigenvalue weighted by atomic mass is 16.2. The highest BCUT2D eigenvalue weighted by Gasteiger charge is 2.21. The lowest BCUT2D eigenvalue weighted by molar-refractivity contribution is -0.132. The van der Waals surface area contributed by atoms with E-state index in [0.29, 0.717) is 16.9 Å². The van der Waals surface area contributed by atoms with Gasteiger partial charge in [-0.15, -0.1) is 5.10 Å². The molecule has 1 aliphatic rings. The Morgan fingerprint density at radius 1 is 1.21 bits per heavy atom. The van der Waals surface area contributed by atoms with Crippen molar-refractivity contribution in [3.8, 4) is 0 Å². The molecule has 1 heterocycles. The lowest BCUT2D eigenvalue weighted by Gasteiger charge is -2.27. The molecule has 1 fully saturated rings. The van der Waals surface area contributed by atoms with Crippen molar-refractivity contribution >= 4 is 16.8 Å². The Kier molecular flexibility index (Phi) is 5.23. The summed E-state index contributed by atoms with van der Waals surface area (Å²) in [4.78, 5) is 26.7. The van der Waals surface area contributed by atoms with Crippen LogP contribution in [0.15, 0.2) is 29.1 Å². The van der Waals surface area contributed by atoms with Gasteiger partial charge in [-0.05, 0) is 25.0 Å². The van der Waals surface area contributed by atoms with E-state index in [1.54, 1.807) is 18.2 Å². The van der Waals surface area contributed by atoms with Crippen LogP contribution in [0.4, 0.5) is 0 Å². The van der Waals surface area contributed by atoms with Gasteiger partial charge in [-0.3, -0.25) is 9.59 Å². The van der Waals surface area contributed by atoms with E-state index in [2.05, 4.69) is 10.3 Å². The Balaban J connectivity index is 1.65. The van der Waals surface area contributed by atoms with E-state index in [0.717, 1.165) is 12.8 Å². The molecule has 1 saturated carbocycles. The standard InChI is InChI=1S/C18H24N4O2/c1-21(14-8-4-2-3-5-9-14)17(23)12-13-22-18(24)15-10-6-7-11-16(15)19-20-22/h6-7,10-11,14H,2-5,8-9,12-13H2,1H3. The first-order chi connectivity index (χ1) is 11.7. The molecule has 1 amide bonds. The van der Waals surface area contributed by atoms with E-state index >= 15 is 0 Å². The SMILES string of the molecule is CN(C(=O)CCn1nnc2ccccc2c1=O)C1CCCCCC1. The minimum atomic E-state index is -0.189. The Bertz CT molecular complexity index is 763. The van der Waals surface area contributed by atoms with Gasteiger partial charge in [-0.2, -0.15) is 0 Å². The van der Waals surface area contributed by atoms with Gasteiger partial charge < -0.3 is 4.90 Å². The fraction of sp³-hybridized carbons (Fsp3) is 0.556. The maximum atomic E-state index is 12.5. The number of hydrogen-bond donors (Lipinski definition) is 0. The van der Waals surface area contributed by atoms with Crippen molar-refractivity contribution < 1.29 is 4.79 Å². The van der Waals surface area contributed by atoms with E-state index in [1.165, 1.54) is 30.4 Å². The average Bonchev–Trinajstić information content (AvgIpc) is 2.90. The van der Waals surface area contributed by atoms with Crippen molar-refractivity contribution in [1.29, 1.82) is 0 Å². The van der Waals surface area contributed by atoms with Crippen LogP contribution in [0.5, 0.6) is 0 Å². The van der Waals surface area contributed by atoms with Crippen LogP contribution in [0.2, 0.25) is 0 Å². The zero-order valence-electron chi connectivity index (χ0n) is 14.1. The number of aromatic nitrogens is 3. The number of carbonyl (C=O) groups excluding carboxylic acids is 1. The average molecular weight is 328 g/mol. The smallest absolute Gasteiger partial charge is 0.277 e. The monoisotopic (exact) mass is 328 g/mol. The first-order valence-electron chi connectivity index (χ1n) is 8.75. The number of benzene rings is 1. The summed E-state index contributed by atoms with van der Waals surface area (Å²) in [6.07, 6.45) is 7.35. The zero-order chi connectivity index (χ0) is 16.9. The van der Waals surface area contributed by atoms with Gasteiger partial charge in [0.1, 0.15) is 5.52 Å². The third-order valence-electron chi connectivity index (χ3n) is 4.93. The molecule has 0 spiro atoms. The largest absolute Gasteiger partial charge is 0.343 e. The molecule has 6 heteroatoms. The summed E-state index contributed by atoms with van der Waals surface area (Å²) in [6, 6.07) is 7.47. The maximum Gasteiger partial charge on any atom is 0.277 e. The van der Waals surface area contributed by atoms with Crippen LogP contribution in [0, 0.1) is 0 Å². The molecule has 2 aromatic rings. The van der Waals surface area contributed by atoms with Crippen molar-refractivity contribution in [1.82, 2.24) is 19.9 Å². The number of fused-ring (bicyclic) bond motifs is 1. The summed E-state index contributed by atoms with van der Waals surface area (Å²) in [7, 11) is 1.88. The van der Waals surface area contributed by atoms with Crippen LogP contribution in [-0.4, -0.2) is 38.9 Å². The molecular weight excluding hydrogens is 304 g/mol. The molecule has 0 saturated heterocycles. The number of hydrogen-bond acceptors (Lipinski definition) is 4. The van der Waals surface area contributed by atoms with Crippen LogP contribution < -0.4 is 5.56 Å². The second-order valence-corrected chi connectivity index (χ2v) is 6.53. The Hall–Kier alpha value is -2.24. The molecule has 1 aromatic carbocycles. The lowest BCUT2D eigenvalue weighted by atomic mass is 10.1. The third-order valence-corrected chi connectivity index (χ3v) is 4.93. The van der Waals surface area contributed by atoms with Crippen molar-refractivity contribution in [2.24, 2.45) is 0 Å². The molecule has 0 radical (unpaired) electrons. The minimum absolute atomic E-state index is 0.0729. The highest BCUT2D eigenvalue weighted by Crippen LogP contribution is 2.21. The number of amides is 1. The van der Waals surface area contributed by atoms with Gasteiger partial charge in [0.25, 0.3) is 5.56 Å². The molecule has 0 bridgehead atoms. The van der Waals surface area contributed by atoms with Gasteiger partial charge in [-0.1, -0.05) is 43.0 Å². The zero-order valence-corrected chi connectivity index (χ0v) is 14.1. The molecule has 128 valence electrons. The number of carbonyl (C=O) groups is 1. The summed E-state index contributed by atoms with van der Waals surface area (Å²) in [5.74, 6) is 0.0729. The minimum Gasteiger partial charge on any atom is -0.343 e. The van der Waals surface area contributed by atoms with Gasteiger partial charge in [0, 0.05) is 19.5 Å². The van der Waals surface area contributed by atoms with Crippen molar-refractivity contribution in [2.45, 2.75) is 57.5 Å². The topological polar surface area (TPSA) is 68.1 Å². The molecular formula is C18H24N4O2. The summed E-state index contributed by atoms with van der Waals surface area (Å²) in [5.41, 5.74) is 0.395. The number of nitrogens with zero attached hydrogens (tertiary/aromatic N) is 4. The molecule has 1 aliphatic carbocycles. The van der Waals surface area contributed by atoms with E-state index in [-0.39, 0.29) is 24.4 Å². The normalized spacial score (nSPS) is 16.0. The van der Waals surface area contributed by atoms with Crippen molar-refractivity contribution in [3.05, 3.63) is 34.6 Å². The molecule has 6 nitrogen and oxygen atoms in total. The summed E-state index contributed by atoms with van der Waals surface area (Å²) < 4.78 is 1.29. The Morgan fingerprint density at radius 3 is 2.67 bits per heavy atom. The van der Waals surface area contributed by atoms with Crippen LogP contribution in [0.25, 0.3) is 10.9 Å². The van der Waals surface area contributed by atoms with Gasteiger partial charge in [0.2, 0.25) is 5.91 Å². The molecule has 3 rings (SSSR count). The molecule has 24 heavy (non-hydrogen) atoms. The molecule has 0 unspecified atom stereocenters. The third kappa shape index (κ3) is 3.63. The highest BCUT2D eigenvalue weighted by molar-refractivity contribution is 5.77. The summed E-state index contributed by atoms with van der Waals surface area (Å²) in [6.45, 7) is 0.270. The quantitative estimate of drug-likeness (QED) is 0.808. The fourth-order valence-electron chi connectivity index (χ4n) is 3.40. The van der Waals surface area contributed by atoms with Gasteiger partial charge in [0.15, 0.2) is 0 Å². The van der Waals surface area contributed by atoms with Crippen LogP contribution in [0.1, 0.15) is 44.9 Å². The van der Waals surface area contributed by atoms with Gasteiger partial charge >= 0.3 is 0 Å². The predicted molar refractivity (Wildman–Crippen MR) is 92.7 cm³/mol. The predicted octanol–water partition coefficient (Wildman–Crippen LogP) is 2.36. The van der Waals surface area contributed by atoms with Gasteiger partial charge in [-0.25, -0.2) is 4.68 Å². The molecule has 0 aliphatic heterocycles. The molecule has 0 atom stereocenters. The van der Waals surface area contributed by atoms with E-state index in [9.17, 15) is 9.59 Å². The second kappa shape index (κ2) is 7.55. The summed E-state index contributed by atoms with van der Waals surface area (Å²) in [5, 5.41) is 8.54. The van der Waals surface area contributed by atoms with E-state index < -0.39 is 0 Å². The second-order valence-electron chi connectivity index (χ2n) is 6.53.